The molecule has 2 saturated carbocycles. The minimum absolute atomic E-state index is 0.176. The van der Waals surface area contributed by atoms with E-state index in [1.807, 2.05) is 0 Å². The number of carbonyl (C=O) groups excluding carboxylic acids is 1. The zero-order valence-corrected chi connectivity index (χ0v) is 8.84. The standard InChI is InChI=1S/C12H18O2/c1-14-11(13)9-10-5-8-12(10)6-3-2-4-7-12/h9H,2-8H2,1H3/b10-9-. The topological polar surface area (TPSA) is 26.3 Å². The molecule has 2 heteroatoms. The van der Waals surface area contributed by atoms with E-state index in [0.29, 0.717) is 5.41 Å². The minimum Gasteiger partial charge on any atom is -0.466 e. The molecule has 0 heterocycles. The lowest BCUT2D eigenvalue weighted by atomic mass is 9.57. The highest BCUT2D eigenvalue weighted by Gasteiger charge is 2.42. The summed E-state index contributed by atoms with van der Waals surface area (Å²) >= 11 is 0. The molecule has 2 nitrogen and oxygen atoms in total. The van der Waals surface area contributed by atoms with Crippen LogP contribution in [0, 0.1) is 5.41 Å². The predicted octanol–water partition coefficient (Wildman–Crippen LogP) is 2.83. The Morgan fingerprint density at radius 3 is 2.50 bits per heavy atom. The zero-order chi connectivity index (χ0) is 10.0. The molecule has 2 aliphatic rings. The lowest BCUT2D eigenvalue weighted by Crippen LogP contribution is -2.35. The number of hydrogen-bond acceptors (Lipinski definition) is 2. The summed E-state index contributed by atoms with van der Waals surface area (Å²) < 4.78 is 4.68. The molecule has 0 aromatic rings. The highest BCUT2D eigenvalue weighted by Crippen LogP contribution is 2.55. The molecule has 0 aliphatic heterocycles. The Labute approximate surface area is 85.3 Å². The largest absolute Gasteiger partial charge is 0.466 e. The van der Waals surface area contributed by atoms with E-state index in [9.17, 15) is 4.79 Å². The van der Waals surface area contributed by atoms with Gasteiger partial charge in [-0.2, -0.15) is 0 Å². The van der Waals surface area contributed by atoms with Gasteiger partial charge in [-0.1, -0.05) is 24.8 Å². The van der Waals surface area contributed by atoms with Crippen LogP contribution in [0.1, 0.15) is 44.9 Å². The van der Waals surface area contributed by atoms with Crippen molar-refractivity contribution < 1.29 is 9.53 Å². The number of methoxy groups -OCH3 is 1. The van der Waals surface area contributed by atoms with Crippen molar-refractivity contribution in [2.24, 2.45) is 5.41 Å². The van der Waals surface area contributed by atoms with Gasteiger partial charge in [-0.15, -0.1) is 0 Å². The molecule has 0 bridgehead atoms. The highest BCUT2D eigenvalue weighted by molar-refractivity contribution is 5.83. The molecule has 0 saturated heterocycles. The molecule has 0 atom stereocenters. The second-order valence-electron chi connectivity index (χ2n) is 4.53. The van der Waals surface area contributed by atoms with E-state index >= 15 is 0 Å². The first-order chi connectivity index (χ1) is 6.77. The van der Waals surface area contributed by atoms with Gasteiger partial charge < -0.3 is 4.74 Å². The molecule has 2 aliphatic carbocycles. The van der Waals surface area contributed by atoms with E-state index in [-0.39, 0.29) is 5.97 Å². The first-order valence-corrected chi connectivity index (χ1v) is 5.56. The summed E-state index contributed by atoms with van der Waals surface area (Å²) in [4.78, 5) is 11.1. The first-order valence-electron chi connectivity index (χ1n) is 5.56. The van der Waals surface area contributed by atoms with Crippen LogP contribution in [-0.2, 0) is 9.53 Å². The number of rotatable bonds is 1. The molecule has 2 fully saturated rings. The van der Waals surface area contributed by atoms with Gasteiger partial charge in [-0.25, -0.2) is 4.79 Å². The van der Waals surface area contributed by atoms with Crippen LogP contribution >= 0.6 is 0 Å². The third-order valence-corrected chi connectivity index (χ3v) is 3.86. The van der Waals surface area contributed by atoms with Crippen LogP contribution in [0.2, 0.25) is 0 Å². The Bertz CT molecular complexity index is 259. The first kappa shape index (κ1) is 9.75. The van der Waals surface area contributed by atoms with Gasteiger partial charge >= 0.3 is 5.97 Å². The van der Waals surface area contributed by atoms with Gasteiger partial charge in [0.05, 0.1) is 7.11 Å². The van der Waals surface area contributed by atoms with Crippen LogP contribution in [0.5, 0.6) is 0 Å². The number of carbonyl (C=O) groups is 1. The maximum Gasteiger partial charge on any atom is 0.330 e. The van der Waals surface area contributed by atoms with Crippen LogP contribution in [0.3, 0.4) is 0 Å². The maximum atomic E-state index is 11.1. The van der Waals surface area contributed by atoms with Crippen LogP contribution in [0.4, 0.5) is 0 Å². The lowest BCUT2D eigenvalue weighted by molar-refractivity contribution is -0.135. The van der Waals surface area contributed by atoms with E-state index in [1.165, 1.54) is 51.2 Å². The van der Waals surface area contributed by atoms with Crippen LogP contribution in [-0.4, -0.2) is 13.1 Å². The Morgan fingerprint density at radius 2 is 2.00 bits per heavy atom. The van der Waals surface area contributed by atoms with Crippen molar-refractivity contribution in [3.8, 4) is 0 Å². The van der Waals surface area contributed by atoms with Crippen molar-refractivity contribution in [1.82, 2.24) is 0 Å². The molecule has 0 radical (unpaired) electrons. The summed E-state index contributed by atoms with van der Waals surface area (Å²) in [6.07, 6.45) is 10.7. The fraction of sp³-hybridized carbons (Fsp3) is 0.750. The molecule has 2 rings (SSSR count). The van der Waals surface area contributed by atoms with Gasteiger partial charge in [-0.05, 0) is 31.1 Å². The second kappa shape index (κ2) is 3.76. The number of esters is 1. The smallest absolute Gasteiger partial charge is 0.330 e. The number of ether oxygens (including phenoxy) is 1. The quantitative estimate of drug-likeness (QED) is 0.474. The molecule has 0 aromatic carbocycles. The van der Waals surface area contributed by atoms with Gasteiger partial charge in [0.2, 0.25) is 0 Å². The normalized spacial score (nSPS) is 27.4. The Kier molecular flexibility index (Phi) is 2.62. The fourth-order valence-electron chi connectivity index (χ4n) is 2.85. The summed E-state index contributed by atoms with van der Waals surface area (Å²) in [5, 5.41) is 0. The van der Waals surface area contributed by atoms with Crippen molar-refractivity contribution in [3.05, 3.63) is 11.6 Å². The second-order valence-corrected chi connectivity index (χ2v) is 4.53. The van der Waals surface area contributed by atoms with Gasteiger partial charge in [0.1, 0.15) is 0 Å². The van der Waals surface area contributed by atoms with Crippen molar-refractivity contribution in [2.75, 3.05) is 7.11 Å². The maximum absolute atomic E-state index is 11.1. The predicted molar refractivity (Wildman–Crippen MR) is 54.9 cm³/mol. The molecular weight excluding hydrogens is 176 g/mol. The van der Waals surface area contributed by atoms with E-state index in [2.05, 4.69) is 4.74 Å². The molecule has 0 N–H and O–H groups in total. The highest BCUT2D eigenvalue weighted by atomic mass is 16.5. The van der Waals surface area contributed by atoms with E-state index < -0.39 is 0 Å². The number of allylic oxidation sites excluding steroid dienone is 1. The van der Waals surface area contributed by atoms with Gasteiger partial charge in [-0.3, -0.25) is 0 Å². The zero-order valence-electron chi connectivity index (χ0n) is 8.84. The molecule has 14 heavy (non-hydrogen) atoms. The fourth-order valence-corrected chi connectivity index (χ4v) is 2.85. The van der Waals surface area contributed by atoms with Crippen molar-refractivity contribution in [1.29, 1.82) is 0 Å². The van der Waals surface area contributed by atoms with Crippen LogP contribution in [0.15, 0.2) is 11.6 Å². The average molecular weight is 194 g/mol. The minimum atomic E-state index is -0.176. The van der Waals surface area contributed by atoms with Gasteiger partial charge in [0.25, 0.3) is 0 Å². The third-order valence-electron chi connectivity index (χ3n) is 3.86. The van der Waals surface area contributed by atoms with E-state index in [4.69, 9.17) is 0 Å². The monoisotopic (exact) mass is 194 g/mol. The van der Waals surface area contributed by atoms with Crippen LogP contribution in [0.25, 0.3) is 0 Å². The van der Waals surface area contributed by atoms with Crippen LogP contribution < -0.4 is 0 Å². The third kappa shape index (κ3) is 1.58. The molecule has 1 spiro atoms. The lowest BCUT2D eigenvalue weighted by Gasteiger charge is -2.47. The van der Waals surface area contributed by atoms with Crippen molar-refractivity contribution in [2.45, 2.75) is 44.9 Å². The average Bonchev–Trinajstić information content (AvgIpc) is 2.25. The number of hydrogen-bond donors (Lipinski definition) is 0. The molecule has 0 unspecified atom stereocenters. The summed E-state index contributed by atoms with van der Waals surface area (Å²) in [7, 11) is 1.45. The Balaban J connectivity index is 2.06. The van der Waals surface area contributed by atoms with Crippen molar-refractivity contribution >= 4 is 5.97 Å². The van der Waals surface area contributed by atoms with Gasteiger partial charge in [0.15, 0.2) is 0 Å². The summed E-state index contributed by atoms with van der Waals surface area (Å²) in [6, 6.07) is 0. The van der Waals surface area contributed by atoms with Crippen molar-refractivity contribution in [3.63, 3.8) is 0 Å². The SMILES string of the molecule is COC(=O)/C=C1/CCC12CCCCC2. The van der Waals surface area contributed by atoms with E-state index in [0.717, 1.165) is 6.42 Å². The molecule has 78 valence electrons. The summed E-state index contributed by atoms with van der Waals surface area (Å²) in [5.74, 6) is -0.176. The van der Waals surface area contributed by atoms with Gasteiger partial charge in [0, 0.05) is 6.08 Å². The summed E-state index contributed by atoms with van der Waals surface area (Å²) in [6.45, 7) is 0. The molecule has 0 aromatic heterocycles. The molecular formula is C12H18O2. The molecule has 0 amide bonds. The summed E-state index contributed by atoms with van der Waals surface area (Å²) in [5.41, 5.74) is 1.76. The van der Waals surface area contributed by atoms with E-state index in [1.54, 1.807) is 6.08 Å². The Morgan fingerprint density at radius 1 is 1.29 bits per heavy atom. The Hall–Kier alpha value is -0.790.